The van der Waals surface area contributed by atoms with Gasteiger partial charge in [0.25, 0.3) is 0 Å². The first kappa shape index (κ1) is 20.8. The maximum Gasteiger partial charge on any atom is 0.338 e. The van der Waals surface area contributed by atoms with Gasteiger partial charge in [0.1, 0.15) is 11.9 Å². The molecule has 0 aliphatic heterocycles. The highest BCUT2D eigenvalue weighted by Gasteiger charge is 2.33. The van der Waals surface area contributed by atoms with Crippen LogP contribution in [0.15, 0.2) is 24.3 Å². The van der Waals surface area contributed by atoms with Gasteiger partial charge >= 0.3 is 5.97 Å². The Balaban J connectivity index is 1.86. The van der Waals surface area contributed by atoms with Crippen LogP contribution in [-0.4, -0.2) is 18.7 Å². The Morgan fingerprint density at radius 1 is 1.12 bits per heavy atom. The van der Waals surface area contributed by atoms with E-state index in [1.54, 1.807) is 0 Å². The molecule has 3 heteroatoms. The minimum atomic E-state index is -0.204. The van der Waals surface area contributed by atoms with E-state index in [2.05, 4.69) is 27.7 Å². The number of rotatable bonds is 9. The first-order chi connectivity index (χ1) is 12.5. The van der Waals surface area contributed by atoms with Gasteiger partial charge in [0, 0.05) is 0 Å². The molecular formula is C23H36O3. The van der Waals surface area contributed by atoms with Crippen LogP contribution in [0.4, 0.5) is 0 Å². The van der Waals surface area contributed by atoms with Crippen molar-refractivity contribution in [2.75, 3.05) is 6.61 Å². The lowest BCUT2D eigenvalue weighted by atomic mass is 9.75. The fourth-order valence-electron chi connectivity index (χ4n) is 3.86. The van der Waals surface area contributed by atoms with Gasteiger partial charge in [-0.15, -0.1) is 0 Å². The fraction of sp³-hybridized carbons (Fsp3) is 0.696. The number of esters is 1. The summed E-state index contributed by atoms with van der Waals surface area (Å²) in [6, 6.07) is 7.39. The van der Waals surface area contributed by atoms with Gasteiger partial charge in [-0.2, -0.15) is 0 Å². The second-order valence-electron chi connectivity index (χ2n) is 8.20. The van der Waals surface area contributed by atoms with Crippen molar-refractivity contribution < 1.29 is 14.3 Å². The molecule has 2 rings (SSSR count). The summed E-state index contributed by atoms with van der Waals surface area (Å²) in [5.41, 5.74) is 0.615. The van der Waals surface area contributed by atoms with E-state index in [0.29, 0.717) is 23.3 Å². The molecule has 0 N–H and O–H groups in total. The zero-order valence-corrected chi connectivity index (χ0v) is 17.0. The summed E-state index contributed by atoms with van der Waals surface area (Å²) < 4.78 is 11.7. The van der Waals surface area contributed by atoms with Gasteiger partial charge in [0.05, 0.1) is 12.2 Å². The minimum Gasteiger partial charge on any atom is -0.494 e. The summed E-state index contributed by atoms with van der Waals surface area (Å²) in [6.07, 6.45) is 8.18. The Morgan fingerprint density at radius 2 is 1.85 bits per heavy atom. The SMILES string of the molecule is CCCCCCOc1ccc(C(=O)O[C@H]2C[C@H](C)CC[C@@H]2C(C)C)cc1. The molecule has 0 radical (unpaired) electrons. The summed E-state index contributed by atoms with van der Waals surface area (Å²) in [6.45, 7) is 9.65. The molecule has 1 aliphatic rings. The third-order valence-corrected chi connectivity index (χ3v) is 5.58. The third kappa shape index (κ3) is 6.34. The monoisotopic (exact) mass is 360 g/mol. The smallest absolute Gasteiger partial charge is 0.338 e. The van der Waals surface area contributed by atoms with Crippen LogP contribution in [0.1, 0.15) is 83.0 Å². The number of unbranched alkanes of at least 4 members (excludes halogenated alkanes) is 3. The van der Waals surface area contributed by atoms with Crippen molar-refractivity contribution in [3.05, 3.63) is 29.8 Å². The van der Waals surface area contributed by atoms with E-state index in [1.165, 1.54) is 25.7 Å². The summed E-state index contributed by atoms with van der Waals surface area (Å²) in [7, 11) is 0. The van der Waals surface area contributed by atoms with E-state index in [-0.39, 0.29) is 12.1 Å². The Kier molecular flexibility index (Phi) is 8.47. The van der Waals surface area contributed by atoms with E-state index >= 15 is 0 Å². The average molecular weight is 361 g/mol. The van der Waals surface area contributed by atoms with Crippen molar-refractivity contribution >= 4 is 5.97 Å². The zero-order valence-electron chi connectivity index (χ0n) is 17.0. The van der Waals surface area contributed by atoms with Gasteiger partial charge in [-0.1, -0.05) is 53.4 Å². The van der Waals surface area contributed by atoms with E-state index in [9.17, 15) is 4.79 Å². The molecule has 0 spiro atoms. The molecule has 1 aromatic rings. The van der Waals surface area contributed by atoms with Crippen molar-refractivity contribution in [1.29, 1.82) is 0 Å². The van der Waals surface area contributed by atoms with Gasteiger partial charge in [-0.25, -0.2) is 4.79 Å². The van der Waals surface area contributed by atoms with Crippen molar-refractivity contribution in [3.8, 4) is 5.75 Å². The van der Waals surface area contributed by atoms with Crippen LogP contribution in [0.3, 0.4) is 0 Å². The van der Waals surface area contributed by atoms with Crippen molar-refractivity contribution in [2.24, 2.45) is 17.8 Å². The van der Waals surface area contributed by atoms with Crippen molar-refractivity contribution in [2.45, 2.75) is 78.7 Å². The lowest BCUT2D eigenvalue weighted by Gasteiger charge is -2.36. The largest absolute Gasteiger partial charge is 0.494 e. The topological polar surface area (TPSA) is 35.5 Å². The predicted molar refractivity (Wildman–Crippen MR) is 107 cm³/mol. The molecule has 0 amide bonds. The van der Waals surface area contributed by atoms with Crippen LogP contribution in [0.5, 0.6) is 5.75 Å². The molecule has 1 saturated carbocycles. The quantitative estimate of drug-likeness (QED) is 0.385. The number of carbonyl (C=O) groups is 1. The molecule has 1 aliphatic carbocycles. The molecule has 0 unspecified atom stereocenters. The number of ether oxygens (including phenoxy) is 2. The highest BCUT2D eigenvalue weighted by molar-refractivity contribution is 5.89. The molecule has 3 nitrogen and oxygen atoms in total. The Morgan fingerprint density at radius 3 is 2.50 bits per heavy atom. The maximum atomic E-state index is 12.6. The Labute approximate surface area is 159 Å². The number of benzene rings is 1. The molecule has 26 heavy (non-hydrogen) atoms. The molecule has 3 atom stereocenters. The summed E-state index contributed by atoms with van der Waals surface area (Å²) in [5.74, 6) is 2.27. The van der Waals surface area contributed by atoms with Crippen LogP contribution in [0.25, 0.3) is 0 Å². The summed E-state index contributed by atoms with van der Waals surface area (Å²) in [4.78, 5) is 12.6. The summed E-state index contributed by atoms with van der Waals surface area (Å²) in [5, 5.41) is 0. The van der Waals surface area contributed by atoms with E-state index in [1.807, 2.05) is 24.3 Å². The first-order valence-corrected chi connectivity index (χ1v) is 10.4. The fourth-order valence-corrected chi connectivity index (χ4v) is 3.86. The molecule has 0 aromatic heterocycles. The molecule has 1 fully saturated rings. The zero-order chi connectivity index (χ0) is 18.9. The van der Waals surface area contributed by atoms with Gasteiger partial charge in [0.2, 0.25) is 0 Å². The van der Waals surface area contributed by atoms with Gasteiger partial charge in [-0.05, 0) is 61.3 Å². The normalized spacial score (nSPS) is 23.0. The Bertz CT molecular complexity index is 535. The van der Waals surface area contributed by atoms with Crippen LogP contribution >= 0.6 is 0 Å². The average Bonchev–Trinajstić information content (AvgIpc) is 2.62. The van der Waals surface area contributed by atoms with Crippen LogP contribution in [0, 0.1) is 17.8 Å². The minimum absolute atomic E-state index is 0.0424. The predicted octanol–water partition coefficient (Wildman–Crippen LogP) is 6.26. The maximum absolute atomic E-state index is 12.6. The standard InChI is InChI=1S/C23H36O3/c1-5-6-7-8-15-25-20-12-10-19(11-13-20)23(24)26-22-16-18(4)9-14-21(22)17(2)3/h10-13,17-18,21-22H,5-9,14-16H2,1-4H3/t18-,21-,22+/m1/s1. The number of hydrogen-bond donors (Lipinski definition) is 0. The van der Waals surface area contributed by atoms with Crippen LogP contribution in [0.2, 0.25) is 0 Å². The molecule has 1 aromatic carbocycles. The summed E-state index contributed by atoms with van der Waals surface area (Å²) >= 11 is 0. The molecule has 146 valence electrons. The lowest BCUT2D eigenvalue weighted by molar-refractivity contribution is -0.0174. The molecule has 0 saturated heterocycles. The second kappa shape index (κ2) is 10.6. The second-order valence-corrected chi connectivity index (χ2v) is 8.20. The molecular weight excluding hydrogens is 324 g/mol. The highest BCUT2D eigenvalue weighted by atomic mass is 16.5. The van der Waals surface area contributed by atoms with E-state index in [0.717, 1.165) is 31.6 Å². The number of carbonyl (C=O) groups excluding carboxylic acids is 1. The van der Waals surface area contributed by atoms with E-state index in [4.69, 9.17) is 9.47 Å². The lowest BCUT2D eigenvalue weighted by Crippen LogP contribution is -2.35. The van der Waals surface area contributed by atoms with Gasteiger partial charge in [-0.3, -0.25) is 0 Å². The van der Waals surface area contributed by atoms with Crippen LogP contribution < -0.4 is 4.74 Å². The third-order valence-electron chi connectivity index (χ3n) is 5.58. The van der Waals surface area contributed by atoms with E-state index < -0.39 is 0 Å². The molecule has 0 bridgehead atoms. The van der Waals surface area contributed by atoms with Gasteiger partial charge in [0.15, 0.2) is 0 Å². The van der Waals surface area contributed by atoms with Gasteiger partial charge < -0.3 is 9.47 Å². The van der Waals surface area contributed by atoms with Crippen molar-refractivity contribution in [1.82, 2.24) is 0 Å². The molecule has 0 heterocycles. The Hall–Kier alpha value is -1.51. The number of hydrogen-bond acceptors (Lipinski definition) is 3. The highest BCUT2D eigenvalue weighted by Crippen LogP contribution is 2.35. The first-order valence-electron chi connectivity index (χ1n) is 10.4. The van der Waals surface area contributed by atoms with Crippen molar-refractivity contribution in [3.63, 3.8) is 0 Å². The van der Waals surface area contributed by atoms with Crippen LogP contribution in [-0.2, 0) is 4.74 Å².